The van der Waals surface area contributed by atoms with Crippen LogP contribution in [0.1, 0.15) is 27.2 Å². The van der Waals surface area contributed by atoms with E-state index in [1.807, 2.05) is 13.8 Å². The fourth-order valence-electron chi connectivity index (χ4n) is 1.09. The van der Waals surface area contributed by atoms with Gasteiger partial charge in [-0.05, 0) is 19.3 Å². The highest BCUT2D eigenvalue weighted by atomic mass is 16.5. The molecule has 1 N–H and O–H groups in total. The van der Waals surface area contributed by atoms with Crippen LogP contribution < -0.4 is 0 Å². The van der Waals surface area contributed by atoms with Gasteiger partial charge in [0.1, 0.15) is 0 Å². The largest absolute Gasteiger partial charge is 0.478 e. The minimum Gasteiger partial charge on any atom is -0.478 e. The molecule has 0 aliphatic rings. The van der Waals surface area contributed by atoms with E-state index in [9.17, 15) is 9.59 Å². The zero-order valence-corrected chi connectivity index (χ0v) is 8.69. The smallest absolute Gasteiger partial charge is 0.331 e. The number of carboxylic acid groups (broad SMARTS) is 1. The number of hydrogen-bond donors (Lipinski definition) is 1. The van der Waals surface area contributed by atoms with Crippen LogP contribution in [0.15, 0.2) is 12.2 Å². The number of aliphatic carboxylic acids is 1. The molecular weight excluding hydrogens is 184 g/mol. The van der Waals surface area contributed by atoms with Crippen LogP contribution in [-0.4, -0.2) is 23.1 Å². The van der Waals surface area contributed by atoms with Crippen molar-refractivity contribution in [2.24, 2.45) is 5.92 Å². The number of ether oxygens (including phenoxy) is 1. The summed E-state index contributed by atoms with van der Waals surface area (Å²) in [5, 5.41) is 8.25. The van der Waals surface area contributed by atoms with E-state index in [4.69, 9.17) is 9.84 Å². The minimum atomic E-state index is -1.15. The maximum atomic E-state index is 11.0. The van der Waals surface area contributed by atoms with E-state index in [1.165, 1.54) is 0 Å². The molecule has 1 unspecified atom stereocenters. The summed E-state index contributed by atoms with van der Waals surface area (Å²) < 4.78 is 4.92. The van der Waals surface area contributed by atoms with Gasteiger partial charge in [-0.2, -0.15) is 0 Å². The van der Waals surface area contributed by atoms with Crippen LogP contribution in [0.5, 0.6) is 0 Å². The molecule has 0 rings (SSSR count). The molecule has 0 amide bonds. The summed E-state index contributed by atoms with van der Waals surface area (Å²) in [6.45, 7) is 5.83. The summed E-state index contributed by atoms with van der Waals surface area (Å²) in [6, 6.07) is 0. The molecule has 0 fully saturated rings. The molecule has 0 heterocycles. The van der Waals surface area contributed by atoms with E-state index >= 15 is 0 Å². The Bertz CT molecular complexity index is 230. The molecule has 0 bridgehead atoms. The number of rotatable bonds is 5. The average Bonchev–Trinajstić information content (AvgIpc) is 1.98. The van der Waals surface area contributed by atoms with Crippen LogP contribution in [-0.2, 0) is 14.3 Å². The number of hydrogen-bond acceptors (Lipinski definition) is 3. The lowest BCUT2D eigenvalue weighted by Crippen LogP contribution is -2.15. The number of carbonyl (C=O) groups is 2. The van der Waals surface area contributed by atoms with E-state index in [-0.39, 0.29) is 6.10 Å². The van der Waals surface area contributed by atoms with Crippen LogP contribution in [0.2, 0.25) is 0 Å². The van der Waals surface area contributed by atoms with Crippen molar-refractivity contribution >= 4 is 11.9 Å². The van der Waals surface area contributed by atoms with E-state index < -0.39 is 11.9 Å². The third-order valence-corrected chi connectivity index (χ3v) is 1.48. The molecule has 0 aromatic carbocycles. The molecule has 0 aliphatic carbocycles. The second kappa shape index (κ2) is 6.18. The van der Waals surface area contributed by atoms with E-state index in [0.29, 0.717) is 5.92 Å². The lowest BCUT2D eigenvalue weighted by atomic mass is 10.1. The molecule has 0 aromatic rings. The van der Waals surface area contributed by atoms with Gasteiger partial charge in [-0.15, -0.1) is 0 Å². The van der Waals surface area contributed by atoms with E-state index in [2.05, 4.69) is 0 Å². The van der Waals surface area contributed by atoms with Gasteiger partial charge in [0.25, 0.3) is 0 Å². The Balaban J connectivity index is 3.88. The number of carboxylic acids is 1. The predicted octanol–water partition coefficient (Wildman–Crippen LogP) is 1.60. The van der Waals surface area contributed by atoms with Gasteiger partial charge < -0.3 is 9.84 Å². The van der Waals surface area contributed by atoms with Crippen molar-refractivity contribution in [1.82, 2.24) is 0 Å². The van der Waals surface area contributed by atoms with Gasteiger partial charge >= 0.3 is 11.9 Å². The summed E-state index contributed by atoms with van der Waals surface area (Å²) in [7, 11) is 0. The maximum Gasteiger partial charge on any atom is 0.331 e. The zero-order chi connectivity index (χ0) is 11.1. The fourth-order valence-corrected chi connectivity index (χ4v) is 1.09. The van der Waals surface area contributed by atoms with Crippen LogP contribution in [0.25, 0.3) is 0 Å². The van der Waals surface area contributed by atoms with Gasteiger partial charge in [-0.3, -0.25) is 0 Å². The first-order valence-electron chi connectivity index (χ1n) is 4.53. The third kappa shape index (κ3) is 7.34. The first-order valence-corrected chi connectivity index (χ1v) is 4.53. The molecule has 0 saturated carbocycles. The Morgan fingerprint density at radius 3 is 2.29 bits per heavy atom. The Labute approximate surface area is 83.6 Å². The molecule has 0 aromatic heterocycles. The maximum absolute atomic E-state index is 11.0. The van der Waals surface area contributed by atoms with Crippen LogP contribution in [0.4, 0.5) is 0 Å². The summed E-state index contributed by atoms with van der Waals surface area (Å²) in [4.78, 5) is 21.0. The summed E-state index contributed by atoms with van der Waals surface area (Å²) in [5.74, 6) is -1.32. The van der Waals surface area contributed by atoms with Gasteiger partial charge in [-0.25, -0.2) is 9.59 Å². The molecule has 0 spiro atoms. The minimum absolute atomic E-state index is 0.180. The first-order chi connectivity index (χ1) is 6.41. The average molecular weight is 200 g/mol. The molecular formula is C10H16O4. The highest BCUT2D eigenvalue weighted by Crippen LogP contribution is 2.07. The standard InChI is InChI=1S/C10H16O4/c1-7(2)6-8(3)14-10(13)5-4-9(11)12/h4-5,7-8H,6H2,1-3H3,(H,11,12)/b5-4-. The second-order valence-electron chi connectivity index (χ2n) is 3.55. The highest BCUT2D eigenvalue weighted by Gasteiger charge is 2.08. The monoisotopic (exact) mass is 200 g/mol. The first kappa shape index (κ1) is 12.7. The SMILES string of the molecule is CC(C)CC(C)OC(=O)/C=C\C(=O)O. The van der Waals surface area contributed by atoms with Gasteiger partial charge in [0.05, 0.1) is 6.10 Å². The summed E-state index contributed by atoms with van der Waals surface area (Å²) in [5.41, 5.74) is 0. The summed E-state index contributed by atoms with van der Waals surface area (Å²) in [6.07, 6.45) is 2.27. The predicted molar refractivity (Wildman–Crippen MR) is 51.8 cm³/mol. The van der Waals surface area contributed by atoms with Crippen molar-refractivity contribution in [1.29, 1.82) is 0 Å². The van der Waals surface area contributed by atoms with Gasteiger partial charge in [-0.1, -0.05) is 13.8 Å². The molecule has 1 atom stereocenters. The molecule has 4 nitrogen and oxygen atoms in total. The van der Waals surface area contributed by atoms with Crippen LogP contribution in [0.3, 0.4) is 0 Å². The lowest BCUT2D eigenvalue weighted by molar-refractivity contribution is -0.143. The normalized spacial score (nSPS) is 13.1. The second-order valence-corrected chi connectivity index (χ2v) is 3.55. The summed E-state index contributed by atoms with van der Waals surface area (Å²) >= 11 is 0. The fraction of sp³-hybridized carbons (Fsp3) is 0.600. The van der Waals surface area contributed by atoms with Crippen molar-refractivity contribution in [3.63, 3.8) is 0 Å². The van der Waals surface area contributed by atoms with Crippen molar-refractivity contribution in [3.8, 4) is 0 Å². The highest BCUT2D eigenvalue weighted by molar-refractivity contribution is 5.90. The lowest BCUT2D eigenvalue weighted by Gasteiger charge is -2.13. The zero-order valence-electron chi connectivity index (χ0n) is 8.69. The Kier molecular flexibility index (Phi) is 5.60. The Morgan fingerprint density at radius 1 is 1.29 bits per heavy atom. The van der Waals surface area contributed by atoms with Crippen molar-refractivity contribution < 1.29 is 19.4 Å². The molecule has 0 saturated heterocycles. The van der Waals surface area contributed by atoms with Gasteiger partial charge in [0.2, 0.25) is 0 Å². The van der Waals surface area contributed by atoms with Crippen LogP contribution >= 0.6 is 0 Å². The quantitative estimate of drug-likeness (QED) is 0.541. The number of carbonyl (C=O) groups excluding carboxylic acids is 1. The molecule has 0 radical (unpaired) electrons. The van der Waals surface area contributed by atoms with Crippen LogP contribution in [0, 0.1) is 5.92 Å². The molecule has 14 heavy (non-hydrogen) atoms. The molecule has 80 valence electrons. The van der Waals surface area contributed by atoms with E-state index in [0.717, 1.165) is 18.6 Å². The topological polar surface area (TPSA) is 63.6 Å². The van der Waals surface area contributed by atoms with Crippen molar-refractivity contribution in [2.45, 2.75) is 33.3 Å². The van der Waals surface area contributed by atoms with Crippen molar-refractivity contribution in [3.05, 3.63) is 12.2 Å². The van der Waals surface area contributed by atoms with Gasteiger partial charge in [0, 0.05) is 12.2 Å². The third-order valence-electron chi connectivity index (χ3n) is 1.48. The molecule has 0 aliphatic heterocycles. The van der Waals surface area contributed by atoms with E-state index in [1.54, 1.807) is 6.92 Å². The van der Waals surface area contributed by atoms with Gasteiger partial charge in [0.15, 0.2) is 0 Å². The Morgan fingerprint density at radius 2 is 1.86 bits per heavy atom. The number of esters is 1. The van der Waals surface area contributed by atoms with Crippen molar-refractivity contribution in [2.75, 3.05) is 0 Å². The molecule has 4 heteroatoms. The Hall–Kier alpha value is -1.32.